The fourth-order valence-corrected chi connectivity index (χ4v) is 4.08. The standard InChI is InChI=1S/C20H19Cl2FN2.ClH/c1-19(15-6-16(21)8-17(22)7-15)9-18(25-10-19)13-2-4-14(5-3-13)20(23)11-24-12-20;/h2-8,24H,9-12H2,1H3;1H. The Labute approximate surface area is 169 Å². The van der Waals surface area contributed by atoms with Crippen LogP contribution < -0.4 is 5.32 Å². The first kappa shape index (κ1) is 19.6. The van der Waals surface area contributed by atoms with E-state index in [1.807, 2.05) is 36.4 Å². The Kier molecular flexibility index (Phi) is 5.38. The largest absolute Gasteiger partial charge is 0.310 e. The van der Waals surface area contributed by atoms with Gasteiger partial charge in [0.25, 0.3) is 0 Å². The van der Waals surface area contributed by atoms with E-state index in [0.29, 0.717) is 29.7 Å². The minimum absolute atomic E-state index is 0. The molecule has 6 heteroatoms. The van der Waals surface area contributed by atoms with Gasteiger partial charge in [-0.2, -0.15) is 0 Å². The topological polar surface area (TPSA) is 24.4 Å². The van der Waals surface area contributed by atoms with Gasteiger partial charge >= 0.3 is 0 Å². The fraction of sp³-hybridized carbons (Fsp3) is 0.350. The first-order chi connectivity index (χ1) is 11.9. The molecular formula is C20H20Cl3FN2. The maximum atomic E-state index is 14.4. The van der Waals surface area contributed by atoms with Crippen LogP contribution in [0.4, 0.5) is 4.39 Å². The Morgan fingerprint density at radius 3 is 2.15 bits per heavy atom. The number of rotatable bonds is 3. The molecule has 2 heterocycles. The van der Waals surface area contributed by atoms with Crippen molar-refractivity contribution in [3.63, 3.8) is 0 Å². The van der Waals surface area contributed by atoms with Crippen LogP contribution in [0.1, 0.15) is 30.0 Å². The average molecular weight is 414 g/mol. The van der Waals surface area contributed by atoms with Gasteiger partial charge in [0.15, 0.2) is 5.67 Å². The van der Waals surface area contributed by atoms with Gasteiger partial charge in [-0.1, -0.05) is 54.4 Å². The maximum Gasteiger partial charge on any atom is 0.160 e. The Morgan fingerprint density at radius 1 is 1.00 bits per heavy atom. The van der Waals surface area contributed by atoms with Crippen molar-refractivity contribution in [2.45, 2.75) is 24.4 Å². The zero-order valence-corrected chi connectivity index (χ0v) is 16.7. The number of halogens is 4. The van der Waals surface area contributed by atoms with Crippen LogP contribution in [0.5, 0.6) is 0 Å². The first-order valence-corrected chi connectivity index (χ1v) is 9.14. The van der Waals surface area contributed by atoms with Gasteiger partial charge in [-0.25, -0.2) is 4.39 Å². The molecule has 1 N–H and O–H groups in total. The molecule has 2 aliphatic heterocycles. The predicted octanol–water partition coefficient (Wildman–Crippen LogP) is 5.33. The lowest BCUT2D eigenvalue weighted by atomic mass is 9.79. The highest BCUT2D eigenvalue weighted by Gasteiger charge is 2.39. The van der Waals surface area contributed by atoms with E-state index in [4.69, 9.17) is 28.2 Å². The zero-order valence-electron chi connectivity index (χ0n) is 14.4. The van der Waals surface area contributed by atoms with Crippen LogP contribution in [-0.4, -0.2) is 25.3 Å². The summed E-state index contributed by atoms with van der Waals surface area (Å²) in [6.07, 6.45) is 0.811. The fourth-order valence-electron chi connectivity index (χ4n) is 3.55. The van der Waals surface area contributed by atoms with E-state index >= 15 is 0 Å². The van der Waals surface area contributed by atoms with Gasteiger partial charge in [0.1, 0.15) is 0 Å². The van der Waals surface area contributed by atoms with Crippen LogP contribution in [-0.2, 0) is 11.1 Å². The van der Waals surface area contributed by atoms with Crippen LogP contribution in [0.15, 0.2) is 47.5 Å². The summed E-state index contributed by atoms with van der Waals surface area (Å²) in [7, 11) is 0. The highest BCUT2D eigenvalue weighted by atomic mass is 35.5. The highest BCUT2D eigenvalue weighted by Crippen LogP contribution is 2.37. The Bertz CT molecular complexity index is 826. The number of benzene rings is 2. The smallest absolute Gasteiger partial charge is 0.160 e. The monoisotopic (exact) mass is 412 g/mol. The molecule has 2 aromatic rings. The van der Waals surface area contributed by atoms with Crippen molar-refractivity contribution in [1.29, 1.82) is 0 Å². The van der Waals surface area contributed by atoms with Gasteiger partial charge in [0, 0.05) is 47.2 Å². The minimum atomic E-state index is -1.22. The molecule has 0 amide bonds. The summed E-state index contributed by atoms with van der Waals surface area (Å²) < 4.78 is 14.4. The molecule has 1 fully saturated rings. The molecule has 0 spiro atoms. The van der Waals surface area contributed by atoms with E-state index in [-0.39, 0.29) is 17.8 Å². The maximum absolute atomic E-state index is 14.4. The third-order valence-corrected chi connectivity index (χ3v) is 5.72. The summed E-state index contributed by atoms with van der Waals surface area (Å²) in [5, 5.41) is 4.27. The van der Waals surface area contributed by atoms with Gasteiger partial charge < -0.3 is 5.32 Å². The third-order valence-electron chi connectivity index (χ3n) is 5.28. The third kappa shape index (κ3) is 3.50. The van der Waals surface area contributed by atoms with Crippen LogP contribution >= 0.6 is 35.6 Å². The Morgan fingerprint density at radius 2 is 1.62 bits per heavy atom. The van der Waals surface area contributed by atoms with Crippen LogP contribution in [0, 0.1) is 0 Å². The molecule has 1 unspecified atom stereocenters. The normalized spacial score (nSPS) is 23.8. The molecule has 0 aromatic heterocycles. The summed E-state index contributed by atoms with van der Waals surface area (Å²) in [6.45, 7) is 3.65. The van der Waals surface area contributed by atoms with Crippen molar-refractivity contribution in [3.8, 4) is 0 Å². The Balaban J connectivity index is 0.00000196. The molecule has 0 saturated carbocycles. The molecule has 0 aliphatic carbocycles. The van der Waals surface area contributed by atoms with Crippen molar-refractivity contribution in [2.75, 3.05) is 19.6 Å². The Hall–Kier alpha value is -1.13. The average Bonchev–Trinajstić information content (AvgIpc) is 2.96. The van der Waals surface area contributed by atoms with Crippen LogP contribution in [0.25, 0.3) is 0 Å². The molecule has 4 rings (SSSR count). The number of aliphatic imine (C=N–C) groups is 1. The van der Waals surface area contributed by atoms with Crippen LogP contribution in [0.3, 0.4) is 0 Å². The molecule has 1 saturated heterocycles. The van der Waals surface area contributed by atoms with Crippen molar-refractivity contribution >= 4 is 41.3 Å². The van der Waals surface area contributed by atoms with Crippen molar-refractivity contribution < 1.29 is 4.39 Å². The summed E-state index contributed by atoms with van der Waals surface area (Å²) in [4.78, 5) is 4.75. The first-order valence-electron chi connectivity index (χ1n) is 8.39. The summed E-state index contributed by atoms with van der Waals surface area (Å²) in [5.74, 6) is 0. The zero-order chi connectivity index (χ0) is 17.7. The van der Waals surface area contributed by atoms with Crippen molar-refractivity contribution in [1.82, 2.24) is 5.32 Å². The molecular weight excluding hydrogens is 394 g/mol. The number of alkyl halides is 1. The van der Waals surface area contributed by atoms with Gasteiger partial charge in [-0.15, -0.1) is 12.4 Å². The predicted molar refractivity (Wildman–Crippen MR) is 109 cm³/mol. The van der Waals surface area contributed by atoms with E-state index < -0.39 is 5.67 Å². The van der Waals surface area contributed by atoms with Crippen molar-refractivity contribution in [3.05, 3.63) is 69.2 Å². The van der Waals surface area contributed by atoms with Gasteiger partial charge in [-0.05, 0) is 34.9 Å². The molecule has 2 aliphatic rings. The second-order valence-corrected chi connectivity index (χ2v) is 8.18. The van der Waals surface area contributed by atoms with E-state index in [0.717, 1.165) is 28.8 Å². The summed E-state index contributed by atoms with van der Waals surface area (Å²) in [6, 6.07) is 13.4. The van der Waals surface area contributed by atoms with Crippen LogP contribution in [0.2, 0.25) is 10.0 Å². The van der Waals surface area contributed by atoms with E-state index in [2.05, 4.69) is 12.2 Å². The van der Waals surface area contributed by atoms with Gasteiger partial charge in [0.2, 0.25) is 0 Å². The van der Waals surface area contributed by atoms with Crippen molar-refractivity contribution in [2.24, 2.45) is 4.99 Å². The van der Waals surface area contributed by atoms with E-state index in [1.165, 1.54) is 0 Å². The molecule has 0 radical (unpaired) electrons. The molecule has 138 valence electrons. The summed E-state index contributed by atoms with van der Waals surface area (Å²) in [5.41, 5.74) is 2.59. The van der Waals surface area contributed by atoms with E-state index in [9.17, 15) is 4.39 Å². The quantitative estimate of drug-likeness (QED) is 0.722. The highest BCUT2D eigenvalue weighted by molar-refractivity contribution is 6.34. The number of hydrogen-bond acceptors (Lipinski definition) is 2. The molecule has 0 bridgehead atoms. The number of nitrogens with one attached hydrogen (secondary N) is 1. The van der Waals surface area contributed by atoms with Gasteiger partial charge in [-0.3, -0.25) is 4.99 Å². The molecule has 1 atom stereocenters. The van der Waals surface area contributed by atoms with E-state index in [1.54, 1.807) is 6.07 Å². The molecule has 2 nitrogen and oxygen atoms in total. The SMILES string of the molecule is CC1(c2cc(Cl)cc(Cl)c2)CN=C(c2ccc(C3(F)CNC3)cc2)C1.Cl. The lowest BCUT2D eigenvalue weighted by Gasteiger charge is -2.35. The second-order valence-electron chi connectivity index (χ2n) is 7.30. The van der Waals surface area contributed by atoms with Gasteiger partial charge in [0.05, 0.1) is 0 Å². The molecule has 26 heavy (non-hydrogen) atoms. The number of nitrogens with zero attached hydrogens (tertiary/aromatic N) is 1. The minimum Gasteiger partial charge on any atom is -0.310 e. The summed E-state index contributed by atoms with van der Waals surface area (Å²) >= 11 is 12.3. The second kappa shape index (κ2) is 7.12. The molecule has 2 aromatic carbocycles. The lowest BCUT2D eigenvalue weighted by Crippen LogP contribution is -2.53. The lowest BCUT2D eigenvalue weighted by molar-refractivity contribution is 0.0891. The number of hydrogen-bond donors (Lipinski definition) is 1.